The van der Waals surface area contributed by atoms with Gasteiger partial charge >= 0.3 is 0 Å². The van der Waals surface area contributed by atoms with Gasteiger partial charge in [-0.05, 0) is 31.2 Å². The second-order valence-electron chi connectivity index (χ2n) is 5.35. The zero-order chi connectivity index (χ0) is 13.9. The highest BCUT2D eigenvalue weighted by atomic mass is 32.1. The van der Waals surface area contributed by atoms with Gasteiger partial charge in [0.1, 0.15) is 0 Å². The minimum absolute atomic E-state index is 0.169. The minimum Gasteiger partial charge on any atom is -0.393 e. The van der Waals surface area contributed by atoms with Gasteiger partial charge in [-0.15, -0.1) is 0 Å². The van der Waals surface area contributed by atoms with Crippen molar-refractivity contribution < 1.29 is 0 Å². The average Bonchev–Trinajstić information content (AvgIpc) is 2.89. The van der Waals surface area contributed by atoms with Crippen LogP contribution in [-0.4, -0.2) is 14.5 Å². The summed E-state index contributed by atoms with van der Waals surface area (Å²) < 4.78 is 2.28. The predicted molar refractivity (Wildman–Crippen MR) is 84.9 cm³/mol. The largest absolute Gasteiger partial charge is 0.393 e. The molecule has 1 aliphatic carbocycles. The number of aromatic nitrogens is 2. The van der Waals surface area contributed by atoms with Gasteiger partial charge in [-0.3, -0.25) is 0 Å². The van der Waals surface area contributed by atoms with E-state index in [4.69, 9.17) is 18.0 Å². The number of benzene rings is 1. The van der Waals surface area contributed by atoms with E-state index in [0.29, 0.717) is 11.4 Å². The van der Waals surface area contributed by atoms with Crippen LogP contribution >= 0.6 is 12.2 Å². The Morgan fingerprint density at radius 2 is 2.00 bits per heavy atom. The van der Waals surface area contributed by atoms with Gasteiger partial charge in [0.05, 0.1) is 23.1 Å². The highest BCUT2D eigenvalue weighted by Gasteiger charge is 2.22. The molecule has 1 aromatic heterocycles. The third kappa shape index (κ3) is 2.61. The first kappa shape index (κ1) is 13.3. The second-order valence-corrected chi connectivity index (χ2v) is 5.87. The Balaban J connectivity index is 2.01. The molecule has 0 radical (unpaired) electrons. The zero-order valence-electron chi connectivity index (χ0n) is 11.5. The molecule has 1 aliphatic rings. The Morgan fingerprint density at radius 3 is 2.75 bits per heavy atom. The first-order valence-corrected chi connectivity index (χ1v) is 7.54. The highest BCUT2D eigenvalue weighted by Crippen LogP contribution is 2.28. The molecule has 1 heterocycles. The van der Waals surface area contributed by atoms with E-state index < -0.39 is 0 Å². The van der Waals surface area contributed by atoms with E-state index in [2.05, 4.69) is 33.8 Å². The standard InChI is InChI=1S/C16H19N3S/c17-16(20)10-15(12-6-2-1-3-7-12)19-11-18-13-8-4-5-9-14(13)19/h1-3,6-7,11,15H,4-5,8-10H2,(H2,17,20). The van der Waals surface area contributed by atoms with Crippen molar-refractivity contribution in [2.75, 3.05) is 0 Å². The molecule has 1 aromatic carbocycles. The lowest BCUT2D eigenvalue weighted by molar-refractivity contribution is 0.553. The average molecular weight is 285 g/mol. The van der Waals surface area contributed by atoms with Crippen molar-refractivity contribution >= 4 is 17.2 Å². The van der Waals surface area contributed by atoms with Gasteiger partial charge in [0.2, 0.25) is 0 Å². The third-order valence-electron chi connectivity index (χ3n) is 3.97. The lowest BCUT2D eigenvalue weighted by Gasteiger charge is -2.23. The van der Waals surface area contributed by atoms with Crippen LogP contribution in [-0.2, 0) is 12.8 Å². The molecule has 0 saturated carbocycles. The van der Waals surface area contributed by atoms with Crippen LogP contribution in [0.4, 0.5) is 0 Å². The van der Waals surface area contributed by atoms with E-state index >= 15 is 0 Å². The Kier molecular flexibility index (Phi) is 3.83. The molecule has 0 saturated heterocycles. The Labute approximate surface area is 124 Å². The molecule has 3 rings (SSSR count). The maximum atomic E-state index is 5.81. The smallest absolute Gasteiger partial charge is 0.0957 e. The summed E-state index contributed by atoms with van der Waals surface area (Å²) in [5, 5.41) is 0. The number of imidazole rings is 1. The van der Waals surface area contributed by atoms with Gasteiger partial charge in [-0.2, -0.15) is 0 Å². The quantitative estimate of drug-likeness (QED) is 0.878. The van der Waals surface area contributed by atoms with Crippen LogP contribution in [0, 0.1) is 0 Å². The molecule has 3 nitrogen and oxygen atoms in total. The number of hydrogen-bond acceptors (Lipinski definition) is 2. The fourth-order valence-corrected chi connectivity index (χ4v) is 3.16. The SMILES string of the molecule is NC(=S)CC(c1ccccc1)n1cnc2c1CCCC2. The van der Waals surface area contributed by atoms with Crippen LogP contribution in [0.1, 0.15) is 42.3 Å². The number of rotatable bonds is 4. The number of hydrogen-bond donors (Lipinski definition) is 1. The monoisotopic (exact) mass is 285 g/mol. The van der Waals surface area contributed by atoms with E-state index in [1.165, 1.54) is 29.8 Å². The van der Waals surface area contributed by atoms with Crippen LogP contribution in [0.25, 0.3) is 0 Å². The number of fused-ring (bicyclic) bond motifs is 1. The topological polar surface area (TPSA) is 43.8 Å². The van der Waals surface area contributed by atoms with Crippen LogP contribution in [0.3, 0.4) is 0 Å². The lowest BCUT2D eigenvalue weighted by Crippen LogP contribution is -2.21. The van der Waals surface area contributed by atoms with E-state index in [9.17, 15) is 0 Å². The number of nitrogens with zero attached hydrogens (tertiary/aromatic N) is 2. The summed E-state index contributed by atoms with van der Waals surface area (Å²) in [6.45, 7) is 0. The molecule has 0 aliphatic heterocycles. The van der Waals surface area contributed by atoms with E-state index in [1.807, 2.05) is 12.4 Å². The van der Waals surface area contributed by atoms with Crippen LogP contribution < -0.4 is 5.73 Å². The first-order valence-electron chi connectivity index (χ1n) is 7.13. The van der Waals surface area contributed by atoms with Gasteiger partial charge in [-0.25, -0.2) is 4.98 Å². The van der Waals surface area contributed by atoms with Gasteiger partial charge in [0, 0.05) is 12.1 Å². The van der Waals surface area contributed by atoms with E-state index in [-0.39, 0.29) is 6.04 Å². The minimum atomic E-state index is 0.169. The molecule has 0 fully saturated rings. The Hall–Kier alpha value is -1.68. The summed E-state index contributed by atoms with van der Waals surface area (Å²) in [6.07, 6.45) is 7.34. The van der Waals surface area contributed by atoms with E-state index in [1.54, 1.807) is 0 Å². The van der Waals surface area contributed by atoms with Crippen molar-refractivity contribution in [1.82, 2.24) is 9.55 Å². The summed E-state index contributed by atoms with van der Waals surface area (Å²) in [7, 11) is 0. The third-order valence-corrected chi connectivity index (χ3v) is 4.14. The zero-order valence-corrected chi connectivity index (χ0v) is 12.3. The molecule has 0 amide bonds. The van der Waals surface area contributed by atoms with Crippen LogP contribution in [0.2, 0.25) is 0 Å². The normalized spacial score (nSPS) is 15.6. The fourth-order valence-electron chi connectivity index (χ4n) is 3.00. The predicted octanol–water partition coefficient (Wildman–Crippen LogP) is 3.03. The van der Waals surface area contributed by atoms with Crippen molar-refractivity contribution in [2.24, 2.45) is 5.73 Å². The molecule has 4 heteroatoms. The maximum absolute atomic E-state index is 5.81. The molecule has 20 heavy (non-hydrogen) atoms. The summed E-state index contributed by atoms with van der Waals surface area (Å²) in [6, 6.07) is 10.6. The van der Waals surface area contributed by atoms with Crippen molar-refractivity contribution in [3.05, 3.63) is 53.6 Å². The van der Waals surface area contributed by atoms with Crippen LogP contribution in [0.5, 0.6) is 0 Å². The summed E-state index contributed by atoms with van der Waals surface area (Å²) in [4.78, 5) is 5.14. The molecule has 0 bridgehead atoms. The molecule has 104 valence electrons. The molecular formula is C16H19N3S. The molecule has 2 aromatic rings. The van der Waals surface area contributed by atoms with Gasteiger partial charge in [0.15, 0.2) is 0 Å². The summed E-state index contributed by atoms with van der Waals surface area (Å²) >= 11 is 5.14. The van der Waals surface area contributed by atoms with Crippen molar-refractivity contribution in [3.63, 3.8) is 0 Å². The number of nitrogens with two attached hydrogens (primary N) is 1. The second kappa shape index (κ2) is 5.75. The van der Waals surface area contributed by atoms with Gasteiger partial charge in [0.25, 0.3) is 0 Å². The molecule has 1 atom stereocenters. The fraction of sp³-hybridized carbons (Fsp3) is 0.375. The molecular weight excluding hydrogens is 266 g/mol. The van der Waals surface area contributed by atoms with Crippen LogP contribution in [0.15, 0.2) is 36.7 Å². The molecule has 0 spiro atoms. The number of thiocarbonyl (C=S) groups is 1. The lowest BCUT2D eigenvalue weighted by atomic mass is 9.98. The van der Waals surface area contributed by atoms with Gasteiger partial charge < -0.3 is 10.3 Å². The van der Waals surface area contributed by atoms with E-state index in [0.717, 1.165) is 12.8 Å². The maximum Gasteiger partial charge on any atom is 0.0957 e. The van der Waals surface area contributed by atoms with Gasteiger partial charge in [-0.1, -0.05) is 42.5 Å². The Morgan fingerprint density at radius 1 is 1.25 bits per heavy atom. The summed E-state index contributed by atoms with van der Waals surface area (Å²) in [5.74, 6) is 0. The Bertz CT molecular complexity index is 603. The molecule has 2 N–H and O–H groups in total. The van der Waals surface area contributed by atoms with Crippen molar-refractivity contribution in [3.8, 4) is 0 Å². The number of aryl methyl sites for hydroxylation is 1. The molecule has 1 unspecified atom stereocenters. The van der Waals surface area contributed by atoms with Crippen molar-refractivity contribution in [1.29, 1.82) is 0 Å². The summed E-state index contributed by atoms with van der Waals surface area (Å²) in [5.41, 5.74) is 9.66. The van der Waals surface area contributed by atoms with Crippen molar-refractivity contribution in [2.45, 2.75) is 38.1 Å². The highest BCUT2D eigenvalue weighted by molar-refractivity contribution is 7.80. The first-order chi connectivity index (χ1) is 9.75.